The van der Waals surface area contributed by atoms with Crippen LogP contribution in [-0.4, -0.2) is 52.4 Å². The van der Waals surface area contributed by atoms with Crippen molar-refractivity contribution in [1.82, 2.24) is 15.5 Å². The van der Waals surface area contributed by atoms with Gasteiger partial charge in [0.15, 0.2) is 0 Å². The van der Waals surface area contributed by atoms with Gasteiger partial charge in [0, 0.05) is 18.5 Å². The molecule has 0 bridgehead atoms. The molecule has 0 fully saturated rings. The third-order valence-corrected chi connectivity index (χ3v) is 5.88. The van der Waals surface area contributed by atoms with Gasteiger partial charge in [-0.1, -0.05) is 69.4 Å². The van der Waals surface area contributed by atoms with Gasteiger partial charge >= 0.3 is 6.09 Å². The predicted octanol–water partition coefficient (Wildman–Crippen LogP) is 4.99. The number of nitrogens with zero attached hydrogens (tertiary/aromatic N) is 1. The first-order valence-corrected chi connectivity index (χ1v) is 14.1. The second kappa shape index (κ2) is 16.1. The normalized spacial score (nSPS) is 13.2. The number of primary amides is 1. The molecular formula is C30H50N4O5. The van der Waals surface area contributed by atoms with Crippen LogP contribution in [0.25, 0.3) is 0 Å². The summed E-state index contributed by atoms with van der Waals surface area (Å²) in [4.78, 5) is 53.6. The van der Waals surface area contributed by atoms with Gasteiger partial charge in [-0.2, -0.15) is 0 Å². The lowest BCUT2D eigenvalue weighted by Crippen LogP contribution is -2.55. The van der Waals surface area contributed by atoms with Crippen LogP contribution in [0.5, 0.6) is 0 Å². The molecular weight excluding hydrogens is 496 g/mol. The zero-order valence-corrected chi connectivity index (χ0v) is 25.0. The molecule has 0 saturated carbocycles. The maximum absolute atomic E-state index is 14.1. The third kappa shape index (κ3) is 14.0. The van der Waals surface area contributed by atoms with E-state index in [1.54, 1.807) is 20.8 Å². The lowest BCUT2D eigenvalue weighted by molar-refractivity contribution is -0.143. The molecule has 0 spiro atoms. The van der Waals surface area contributed by atoms with Gasteiger partial charge in [-0.15, -0.1) is 0 Å². The van der Waals surface area contributed by atoms with Gasteiger partial charge in [-0.25, -0.2) is 4.79 Å². The van der Waals surface area contributed by atoms with Crippen LogP contribution in [0.3, 0.4) is 0 Å². The first-order valence-electron chi connectivity index (χ1n) is 14.1. The lowest BCUT2D eigenvalue weighted by Gasteiger charge is -2.36. The molecule has 1 aromatic rings. The Kier molecular flexibility index (Phi) is 14.0. The van der Waals surface area contributed by atoms with Crippen molar-refractivity contribution in [3.63, 3.8) is 0 Å². The Labute approximate surface area is 234 Å². The van der Waals surface area contributed by atoms with Gasteiger partial charge < -0.3 is 26.0 Å². The molecule has 4 N–H and O–H groups in total. The van der Waals surface area contributed by atoms with Crippen molar-refractivity contribution in [2.75, 3.05) is 6.54 Å². The van der Waals surface area contributed by atoms with Gasteiger partial charge in [0.25, 0.3) is 0 Å². The van der Waals surface area contributed by atoms with E-state index in [0.717, 1.165) is 32.1 Å². The molecule has 0 heterocycles. The van der Waals surface area contributed by atoms with Crippen molar-refractivity contribution in [1.29, 1.82) is 0 Å². The van der Waals surface area contributed by atoms with Crippen molar-refractivity contribution in [3.05, 3.63) is 35.9 Å². The summed E-state index contributed by atoms with van der Waals surface area (Å²) in [5.41, 5.74) is 4.73. The summed E-state index contributed by atoms with van der Waals surface area (Å²) in [7, 11) is 0. The Bertz CT molecular complexity index is 922. The van der Waals surface area contributed by atoms with E-state index in [1.165, 1.54) is 4.90 Å². The number of unbranched alkanes of at least 4 members (excludes halogenated alkanes) is 5. The molecule has 0 radical (unpaired) electrons. The summed E-state index contributed by atoms with van der Waals surface area (Å²) in [6.45, 7) is 13.3. The Hall–Kier alpha value is -3.10. The fourth-order valence-corrected chi connectivity index (χ4v) is 4.17. The Morgan fingerprint density at radius 1 is 0.923 bits per heavy atom. The van der Waals surface area contributed by atoms with E-state index in [-0.39, 0.29) is 18.7 Å². The van der Waals surface area contributed by atoms with E-state index in [0.29, 0.717) is 18.5 Å². The monoisotopic (exact) mass is 546 g/mol. The highest BCUT2D eigenvalue weighted by Gasteiger charge is 2.37. The number of carbonyl (C=O) groups excluding carboxylic acids is 4. The van der Waals surface area contributed by atoms with Gasteiger partial charge in [0.2, 0.25) is 17.7 Å². The molecule has 1 aromatic carbocycles. The molecule has 9 heteroatoms. The summed E-state index contributed by atoms with van der Waals surface area (Å²) in [5.74, 6) is -1.38. The average molecular weight is 547 g/mol. The minimum Gasteiger partial charge on any atom is -0.444 e. The zero-order chi connectivity index (χ0) is 29.6. The second-order valence-electron chi connectivity index (χ2n) is 12.1. The topological polar surface area (TPSA) is 131 Å². The van der Waals surface area contributed by atoms with Gasteiger partial charge in [0.05, 0.1) is 0 Å². The van der Waals surface area contributed by atoms with Crippen molar-refractivity contribution in [3.8, 4) is 0 Å². The van der Waals surface area contributed by atoms with E-state index in [4.69, 9.17) is 10.5 Å². The number of hydrogen-bond donors (Lipinski definition) is 3. The molecule has 39 heavy (non-hydrogen) atoms. The summed E-state index contributed by atoms with van der Waals surface area (Å²) in [6, 6.07) is 7.10. The maximum Gasteiger partial charge on any atom is 0.408 e. The molecule has 2 atom stereocenters. The Morgan fingerprint density at radius 3 is 2.05 bits per heavy atom. The number of nitrogens with two attached hydrogens (primary N) is 1. The number of benzene rings is 1. The summed E-state index contributed by atoms with van der Waals surface area (Å²) in [5, 5.41) is 5.64. The first-order chi connectivity index (χ1) is 18.1. The highest BCUT2D eigenvalue weighted by molar-refractivity contribution is 5.92. The number of alkyl carbamates (subject to hydrolysis) is 1. The second-order valence-corrected chi connectivity index (χ2v) is 12.1. The number of carbonyl (C=O) groups is 4. The molecule has 9 nitrogen and oxygen atoms in total. The average Bonchev–Trinajstić information content (AvgIpc) is 2.80. The molecule has 4 amide bonds. The smallest absolute Gasteiger partial charge is 0.408 e. The van der Waals surface area contributed by atoms with Crippen molar-refractivity contribution in [2.45, 2.75) is 123 Å². The van der Waals surface area contributed by atoms with Crippen LogP contribution < -0.4 is 16.4 Å². The van der Waals surface area contributed by atoms with Crippen LogP contribution >= 0.6 is 0 Å². The zero-order valence-electron chi connectivity index (χ0n) is 25.0. The number of rotatable bonds is 15. The molecule has 2 unspecified atom stereocenters. The number of amides is 4. The molecule has 1 rings (SSSR count). The fraction of sp³-hybridized carbons (Fsp3) is 0.667. The molecule has 0 aliphatic heterocycles. The van der Waals surface area contributed by atoms with Crippen LogP contribution in [0, 0.1) is 0 Å². The van der Waals surface area contributed by atoms with Gasteiger partial charge in [-0.05, 0) is 59.9 Å². The lowest BCUT2D eigenvalue weighted by atomic mass is 9.99. The highest BCUT2D eigenvalue weighted by atomic mass is 16.6. The van der Waals surface area contributed by atoms with Crippen LogP contribution in [0.15, 0.2) is 30.3 Å². The number of nitrogens with one attached hydrogen (secondary N) is 2. The standard InChI is InChI=1S/C30H50N4O5/c1-8-9-10-11-12-16-21-34(25(22-17-14-13-15-18-22)26(36)33-29(2,3)4)27(37)23(19-20-24(31)35)32-28(38)39-30(5,6)7/h13-15,17-18,23,25H,8-12,16,19-21H2,1-7H3,(H2,31,35)(H,32,38)(H,33,36). The fourth-order valence-electron chi connectivity index (χ4n) is 4.17. The van der Waals surface area contributed by atoms with Crippen molar-refractivity contribution < 1.29 is 23.9 Å². The molecule has 0 aliphatic rings. The van der Waals surface area contributed by atoms with E-state index in [2.05, 4.69) is 17.6 Å². The van der Waals surface area contributed by atoms with E-state index in [1.807, 2.05) is 51.1 Å². The van der Waals surface area contributed by atoms with E-state index < -0.39 is 41.1 Å². The van der Waals surface area contributed by atoms with Crippen LogP contribution in [0.2, 0.25) is 0 Å². The molecule has 0 aliphatic carbocycles. The molecule has 0 aromatic heterocycles. The minimum absolute atomic E-state index is 0.0111. The summed E-state index contributed by atoms with van der Waals surface area (Å²) in [6.07, 6.45) is 5.11. The Morgan fingerprint density at radius 2 is 1.51 bits per heavy atom. The Balaban J connectivity index is 3.42. The molecule has 0 saturated heterocycles. The van der Waals surface area contributed by atoms with Crippen molar-refractivity contribution in [2.24, 2.45) is 5.73 Å². The van der Waals surface area contributed by atoms with Gasteiger partial charge in [0.1, 0.15) is 17.7 Å². The van der Waals surface area contributed by atoms with Crippen LogP contribution in [0.4, 0.5) is 4.79 Å². The van der Waals surface area contributed by atoms with E-state index >= 15 is 0 Å². The minimum atomic E-state index is -1.10. The number of ether oxygens (including phenoxy) is 1. The molecule has 220 valence electrons. The van der Waals surface area contributed by atoms with Crippen molar-refractivity contribution >= 4 is 23.8 Å². The predicted molar refractivity (Wildman–Crippen MR) is 154 cm³/mol. The highest BCUT2D eigenvalue weighted by Crippen LogP contribution is 2.25. The largest absolute Gasteiger partial charge is 0.444 e. The summed E-state index contributed by atoms with van der Waals surface area (Å²) >= 11 is 0. The first kappa shape index (κ1) is 33.9. The summed E-state index contributed by atoms with van der Waals surface area (Å²) < 4.78 is 5.38. The maximum atomic E-state index is 14.1. The van der Waals surface area contributed by atoms with Crippen LogP contribution in [-0.2, 0) is 19.1 Å². The SMILES string of the molecule is CCCCCCCCN(C(=O)C(CCC(N)=O)NC(=O)OC(C)(C)C)C(C(=O)NC(C)(C)C)c1ccccc1. The van der Waals surface area contributed by atoms with Crippen LogP contribution in [0.1, 0.15) is 111 Å². The van der Waals surface area contributed by atoms with E-state index in [9.17, 15) is 19.2 Å². The third-order valence-electron chi connectivity index (χ3n) is 5.88. The number of hydrogen-bond acceptors (Lipinski definition) is 5. The van der Waals surface area contributed by atoms with Gasteiger partial charge in [-0.3, -0.25) is 14.4 Å². The quantitative estimate of drug-likeness (QED) is 0.267.